The summed E-state index contributed by atoms with van der Waals surface area (Å²) in [5, 5.41) is 3.49. The average molecular weight is 248 g/mol. The predicted octanol–water partition coefficient (Wildman–Crippen LogP) is 2.08. The topological polar surface area (TPSA) is 54.1 Å². The van der Waals surface area contributed by atoms with Crippen LogP contribution in [-0.4, -0.2) is 24.6 Å². The summed E-state index contributed by atoms with van der Waals surface area (Å²) in [6.45, 7) is 1.79. The standard InChI is InChI=1S/C14H20N2O2/c1-18-13(17)11-4-7-16-12(11)8-15-9-14(5-6-14)10-2-3-10/h4,7,10,15-16H,2-3,5-6,8-9H2,1H3. The van der Waals surface area contributed by atoms with Gasteiger partial charge in [-0.1, -0.05) is 0 Å². The van der Waals surface area contributed by atoms with E-state index in [-0.39, 0.29) is 5.97 Å². The molecule has 0 unspecified atom stereocenters. The van der Waals surface area contributed by atoms with Crippen molar-refractivity contribution in [1.82, 2.24) is 10.3 Å². The van der Waals surface area contributed by atoms with Crippen molar-refractivity contribution in [3.63, 3.8) is 0 Å². The molecule has 0 amide bonds. The Morgan fingerprint density at radius 2 is 2.33 bits per heavy atom. The summed E-state index contributed by atoms with van der Waals surface area (Å²) in [5.74, 6) is 0.699. The monoisotopic (exact) mass is 248 g/mol. The van der Waals surface area contributed by atoms with E-state index in [0.29, 0.717) is 17.5 Å². The summed E-state index contributed by atoms with van der Waals surface area (Å²) in [6.07, 6.45) is 7.37. The minimum absolute atomic E-state index is 0.267. The number of hydrogen-bond donors (Lipinski definition) is 2. The minimum atomic E-state index is -0.267. The zero-order chi connectivity index (χ0) is 12.6. The van der Waals surface area contributed by atoms with Crippen LogP contribution in [0.2, 0.25) is 0 Å². The van der Waals surface area contributed by atoms with Gasteiger partial charge in [0, 0.05) is 25.0 Å². The molecule has 4 heteroatoms. The van der Waals surface area contributed by atoms with Gasteiger partial charge in [-0.15, -0.1) is 0 Å². The highest BCUT2D eigenvalue weighted by molar-refractivity contribution is 5.90. The first-order chi connectivity index (χ1) is 8.75. The molecule has 1 heterocycles. The number of methoxy groups -OCH3 is 1. The quantitative estimate of drug-likeness (QED) is 0.758. The van der Waals surface area contributed by atoms with Crippen molar-refractivity contribution < 1.29 is 9.53 Å². The molecular formula is C14H20N2O2. The predicted molar refractivity (Wildman–Crippen MR) is 68.2 cm³/mol. The molecule has 18 heavy (non-hydrogen) atoms. The number of rotatable bonds is 6. The van der Waals surface area contributed by atoms with Crippen LogP contribution in [0.15, 0.2) is 12.3 Å². The molecule has 98 valence electrons. The zero-order valence-corrected chi connectivity index (χ0v) is 10.8. The molecule has 3 rings (SSSR count). The summed E-state index contributed by atoms with van der Waals surface area (Å²) < 4.78 is 4.76. The third kappa shape index (κ3) is 2.17. The fourth-order valence-electron chi connectivity index (χ4n) is 2.87. The van der Waals surface area contributed by atoms with Crippen molar-refractivity contribution in [3.8, 4) is 0 Å². The number of ether oxygens (including phenoxy) is 1. The first-order valence-electron chi connectivity index (χ1n) is 6.70. The van der Waals surface area contributed by atoms with E-state index in [2.05, 4.69) is 10.3 Å². The Kier molecular flexibility index (Phi) is 2.90. The molecule has 0 atom stereocenters. The third-order valence-electron chi connectivity index (χ3n) is 4.35. The molecule has 0 bridgehead atoms. The fourth-order valence-corrected chi connectivity index (χ4v) is 2.87. The van der Waals surface area contributed by atoms with Crippen LogP contribution in [0.25, 0.3) is 0 Å². The lowest BCUT2D eigenvalue weighted by Gasteiger charge is -2.14. The van der Waals surface area contributed by atoms with Crippen molar-refractivity contribution in [2.24, 2.45) is 11.3 Å². The smallest absolute Gasteiger partial charge is 0.339 e. The number of nitrogens with one attached hydrogen (secondary N) is 2. The lowest BCUT2D eigenvalue weighted by molar-refractivity contribution is 0.0599. The van der Waals surface area contributed by atoms with Crippen LogP contribution in [0.3, 0.4) is 0 Å². The summed E-state index contributed by atoms with van der Waals surface area (Å²) >= 11 is 0. The second-order valence-corrected chi connectivity index (χ2v) is 5.60. The van der Waals surface area contributed by atoms with Gasteiger partial charge in [-0.25, -0.2) is 4.79 Å². The maximum absolute atomic E-state index is 11.5. The normalized spacial score (nSPS) is 20.7. The van der Waals surface area contributed by atoms with Crippen molar-refractivity contribution in [2.75, 3.05) is 13.7 Å². The average Bonchev–Trinajstić information content (AvgIpc) is 3.27. The van der Waals surface area contributed by atoms with Gasteiger partial charge in [-0.05, 0) is 43.1 Å². The maximum atomic E-state index is 11.5. The number of carbonyl (C=O) groups is 1. The van der Waals surface area contributed by atoms with Crippen LogP contribution < -0.4 is 5.32 Å². The Morgan fingerprint density at radius 1 is 1.56 bits per heavy atom. The van der Waals surface area contributed by atoms with E-state index in [1.54, 1.807) is 12.3 Å². The van der Waals surface area contributed by atoms with E-state index in [1.165, 1.54) is 32.8 Å². The molecule has 0 saturated heterocycles. The molecule has 0 spiro atoms. The lowest BCUT2D eigenvalue weighted by atomic mass is 10.0. The number of aromatic amines is 1. The van der Waals surface area contributed by atoms with Gasteiger partial charge in [0.1, 0.15) is 0 Å². The van der Waals surface area contributed by atoms with Crippen molar-refractivity contribution in [1.29, 1.82) is 0 Å². The van der Waals surface area contributed by atoms with Crippen LogP contribution >= 0.6 is 0 Å². The Bertz CT molecular complexity index is 444. The molecule has 2 aliphatic carbocycles. The number of carbonyl (C=O) groups excluding carboxylic acids is 1. The van der Waals surface area contributed by atoms with Gasteiger partial charge in [0.15, 0.2) is 0 Å². The Morgan fingerprint density at radius 3 is 2.94 bits per heavy atom. The second-order valence-electron chi connectivity index (χ2n) is 5.60. The second kappa shape index (κ2) is 4.43. The highest BCUT2D eigenvalue weighted by Crippen LogP contribution is 2.60. The Hall–Kier alpha value is -1.29. The van der Waals surface area contributed by atoms with Gasteiger partial charge in [-0.3, -0.25) is 0 Å². The number of esters is 1. The Labute approximate surface area is 107 Å². The zero-order valence-electron chi connectivity index (χ0n) is 10.8. The highest BCUT2D eigenvalue weighted by atomic mass is 16.5. The van der Waals surface area contributed by atoms with Crippen LogP contribution in [-0.2, 0) is 11.3 Å². The fraction of sp³-hybridized carbons (Fsp3) is 0.643. The van der Waals surface area contributed by atoms with Crippen molar-refractivity contribution in [2.45, 2.75) is 32.2 Å². The molecule has 1 aromatic rings. The molecular weight excluding hydrogens is 228 g/mol. The summed E-state index contributed by atoms with van der Waals surface area (Å²) in [7, 11) is 1.42. The highest BCUT2D eigenvalue weighted by Gasteiger charge is 2.53. The van der Waals surface area contributed by atoms with Crippen molar-refractivity contribution in [3.05, 3.63) is 23.5 Å². The molecule has 0 radical (unpaired) electrons. The molecule has 0 aliphatic heterocycles. The SMILES string of the molecule is COC(=O)c1cc[nH]c1CNCC1(C2CC2)CC1. The maximum Gasteiger partial charge on any atom is 0.339 e. The lowest BCUT2D eigenvalue weighted by Crippen LogP contribution is -2.25. The van der Waals surface area contributed by atoms with Gasteiger partial charge in [0.05, 0.1) is 12.7 Å². The van der Waals surface area contributed by atoms with E-state index >= 15 is 0 Å². The molecule has 1 aromatic heterocycles. The Balaban J connectivity index is 1.54. The summed E-state index contributed by atoms with van der Waals surface area (Å²) in [5.41, 5.74) is 2.16. The summed E-state index contributed by atoms with van der Waals surface area (Å²) in [6, 6.07) is 1.77. The van der Waals surface area contributed by atoms with E-state index in [1.807, 2.05) is 0 Å². The van der Waals surface area contributed by atoms with E-state index < -0.39 is 0 Å². The van der Waals surface area contributed by atoms with Crippen molar-refractivity contribution >= 4 is 5.97 Å². The van der Waals surface area contributed by atoms with Gasteiger partial charge < -0.3 is 15.0 Å². The minimum Gasteiger partial charge on any atom is -0.465 e. The van der Waals surface area contributed by atoms with Crippen LogP contribution in [0.5, 0.6) is 0 Å². The van der Waals surface area contributed by atoms with Crippen LogP contribution in [0.1, 0.15) is 41.7 Å². The molecule has 2 saturated carbocycles. The molecule has 2 aliphatic rings. The van der Waals surface area contributed by atoms with Gasteiger partial charge >= 0.3 is 5.97 Å². The largest absolute Gasteiger partial charge is 0.465 e. The van der Waals surface area contributed by atoms with E-state index in [0.717, 1.165) is 18.2 Å². The first-order valence-corrected chi connectivity index (χ1v) is 6.70. The summed E-state index contributed by atoms with van der Waals surface area (Å²) in [4.78, 5) is 14.6. The number of H-pyrrole nitrogens is 1. The van der Waals surface area contributed by atoms with E-state index in [4.69, 9.17) is 4.74 Å². The van der Waals surface area contributed by atoms with Gasteiger partial charge in [0.2, 0.25) is 0 Å². The van der Waals surface area contributed by atoms with Crippen LogP contribution in [0, 0.1) is 11.3 Å². The first kappa shape index (κ1) is 11.8. The molecule has 2 N–H and O–H groups in total. The van der Waals surface area contributed by atoms with Gasteiger partial charge in [-0.2, -0.15) is 0 Å². The molecule has 2 fully saturated rings. The molecule has 0 aromatic carbocycles. The third-order valence-corrected chi connectivity index (χ3v) is 4.35. The van der Waals surface area contributed by atoms with Gasteiger partial charge in [0.25, 0.3) is 0 Å². The number of aromatic nitrogens is 1. The number of hydrogen-bond acceptors (Lipinski definition) is 3. The van der Waals surface area contributed by atoms with E-state index in [9.17, 15) is 4.79 Å². The van der Waals surface area contributed by atoms with Crippen LogP contribution in [0.4, 0.5) is 0 Å². The molecule has 4 nitrogen and oxygen atoms in total.